The zero-order valence-corrected chi connectivity index (χ0v) is 13.6. The lowest BCUT2D eigenvalue weighted by atomic mass is 10.1. The van der Waals surface area contributed by atoms with Crippen molar-refractivity contribution >= 4 is 6.03 Å². The molecular formula is C18H26N2O3. The highest BCUT2D eigenvalue weighted by Crippen LogP contribution is 2.14. The van der Waals surface area contributed by atoms with Crippen molar-refractivity contribution in [2.24, 2.45) is 0 Å². The van der Waals surface area contributed by atoms with E-state index in [1.807, 2.05) is 11.0 Å². The van der Waals surface area contributed by atoms with Crippen molar-refractivity contribution in [3.63, 3.8) is 0 Å². The highest BCUT2D eigenvalue weighted by Gasteiger charge is 2.26. The Bertz CT molecular complexity index is 488. The van der Waals surface area contributed by atoms with E-state index < -0.39 is 0 Å². The number of ether oxygens (including phenoxy) is 2. The lowest BCUT2D eigenvalue weighted by Gasteiger charge is -2.34. The normalized spacial score (nSPS) is 22.8. The number of urea groups is 1. The second kappa shape index (κ2) is 8.31. The van der Waals surface area contributed by atoms with Gasteiger partial charge in [-0.2, -0.15) is 0 Å². The number of amides is 2. The third kappa shape index (κ3) is 4.94. The number of morpholine rings is 1. The maximum absolute atomic E-state index is 12.4. The van der Waals surface area contributed by atoms with Crippen LogP contribution >= 0.6 is 0 Å². The predicted molar refractivity (Wildman–Crippen MR) is 88.4 cm³/mol. The van der Waals surface area contributed by atoms with Gasteiger partial charge in [-0.25, -0.2) is 4.79 Å². The average molecular weight is 318 g/mol. The highest BCUT2D eigenvalue weighted by atomic mass is 16.5. The molecule has 0 aliphatic carbocycles. The van der Waals surface area contributed by atoms with Crippen molar-refractivity contribution in [2.45, 2.75) is 37.8 Å². The highest BCUT2D eigenvalue weighted by molar-refractivity contribution is 5.74. The Kier molecular flexibility index (Phi) is 5.88. The molecule has 2 amide bonds. The first kappa shape index (κ1) is 16.3. The van der Waals surface area contributed by atoms with Crippen LogP contribution < -0.4 is 5.32 Å². The van der Waals surface area contributed by atoms with Crippen LogP contribution in [-0.4, -0.2) is 56.0 Å². The molecule has 5 nitrogen and oxygen atoms in total. The van der Waals surface area contributed by atoms with Crippen LogP contribution in [0.25, 0.3) is 0 Å². The van der Waals surface area contributed by atoms with Gasteiger partial charge < -0.3 is 19.7 Å². The fourth-order valence-electron chi connectivity index (χ4n) is 3.16. The summed E-state index contributed by atoms with van der Waals surface area (Å²) in [6.45, 7) is 3.47. The molecule has 0 saturated carbocycles. The van der Waals surface area contributed by atoms with Gasteiger partial charge in [0.25, 0.3) is 0 Å². The van der Waals surface area contributed by atoms with Crippen LogP contribution in [0.5, 0.6) is 0 Å². The fraction of sp³-hybridized carbons (Fsp3) is 0.611. The summed E-state index contributed by atoms with van der Waals surface area (Å²) in [5.74, 6) is 0. The zero-order valence-electron chi connectivity index (χ0n) is 13.6. The molecule has 1 atom stereocenters. The molecule has 3 rings (SSSR count). The van der Waals surface area contributed by atoms with E-state index in [4.69, 9.17) is 9.47 Å². The summed E-state index contributed by atoms with van der Waals surface area (Å²) in [6, 6.07) is 10.7. The van der Waals surface area contributed by atoms with Gasteiger partial charge in [0.2, 0.25) is 0 Å². The second-order valence-corrected chi connectivity index (χ2v) is 6.30. The number of benzene rings is 1. The van der Waals surface area contributed by atoms with E-state index in [0.29, 0.717) is 19.7 Å². The molecule has 126 valence electrons. The van der Waals surface area contributed by atoms with E-state index in [2.05, 4.69) is 29.6 Å². The summed E-state index contributed by atoms with van der Waals surface area (Å²) < 4.78 is 11.2. The third-order valence-corrected chi connectivity index (χ3v) is 4.57. The van der Waals surface area contributed by atoms with Crippen LogP contribution in [0.15, 0.2) is 30.3 Å². The van der Waals surface area contributed by atoms with Crippen molar-refractivity contribution in [3.05, 3.63) is 35.9 Å². The molecule has 0 bridgehead atoms. The number of carbonyl (C=O) groups is 1. The van der Waals surface area contributed by atoms with Gasteiger partial charge in [-0.05, 0) is 31.2 Å². The van der Waals surface area contributed by atoms with Gasteiger partial charge in [0.1, 0.15) is 0 Å². The molecule has 5 heteroatoms. The molecule has 2 heterocycles. The summed E-state index contributed by atoms with van der Waals surface area (Å²) in [5, 5.41) is 3.13. The Labute approximate surface area is 137 Å². The van der Waals surface area contributed by atoms with Crippen LogP contribution in [0.3, 0.4) is 0 Å². The van der Waals surface area contributed by atoms with E-state index >= 15 is 0 Å². The van der Waals surface area contributed by atoms with E-state index in [1.54, 1.807) is 0 Å². The van der Waals surface area contributed by atoms with Gasteiger partial charge in [-0.15, -0.1) is 0 Å². The van der Waals surface area contributed by atoms with Crippen molar-refractivity contribution < 1.29 is 14.3 Å². The van der Waals surface area contributed by atoms with Crippen LogP contribution in [0, 0.1) is 0 Å². The number of hydrogen-bond acceptors (Lipinski definition) is 3. The molecule has 0 aromatic heterocycles. The van der Waals surface area contributed by atoms with Gasteiger partial charge in [0, 0.05) is 32.3 Å². The Balaban J connectivity index is 1.44. The van der Waals surface area contributed by atoms with Crippen LogP contribution in [0.4, 0.5) is 4.79 Å². The number of nitrogens with one attached hydrogen (secondary N) is 1. The van der Waals surface area contributed by atoms with E-state index in [9.17, 15) is 4.79 Å². The molecule has 2 aliphatic rings. The summed E-state index contributed by atoms with van der Waals surface area (Å²) in [6.07, 6.45) is 3.89. The molecular weight excluding hydrogens is 292 g/mol. The van der Waals surface area contributed by atoms with Crippen LogP contribution in [-0.2, 0) is 15.9 Å². The maximum atomic E-state index is 12.4. The maximum Gasteiger partial charge on any atom is 0.317 e. The van der Waals surface area contributed by atoms with E-state index in [0.717, 1.165) is 38.9 Å². The molecule has 23 heavy (non-hydrogen) atoms. The first-order valence-corrected chi connectivity index (χ1v) is 8.60. The molecule has 1 aromatic carbocycles. The van der Waals surface area contributed by atoms with Crippen LogP contribution in [0.1, 0.15) is 24.8 Å². The summed E-state index contributed by atoms with van der Waals surface area (Å²) in [4.78, 5) is 14.3. The molecule has 1 unspecified atom stereocenters. The van der Waals surface area contributed by atoms with Gasteiger partial charge >= 0.3 is 6.03 Å². The summed E-state index contributed by atoms with van der Waals surface area (Å²) in [7, 11) is 0. The molecule has 0 spiro atoms. The van der Waals surface area contributed by atoms with Crippen molar-refractivity contribution in [3.8, 4) is 0 Å². The number of rotatable bonds is 4. The largest absolute Gasteiger partial charge is 0.381 e. The summed E-state index contributed by atoms with van der Waals surface area (Å²) >= 11 is 0. The first-order valence-electron chi connectivity index (χ1n) is 8.60. The molecule has 0 radical (unpaired) electrons. The number of carbonyl (C=O) groups excluding carboxylic acids is 1. The monoisotopic (exact) mass is 318 g/mol. The molecule has 2 aliphatic heterocycles. The minimum atomic E-state index is 0.0462. The minimum absolute atomic E-state index is 0.0462. The molecule has 1 aromatic rings. The summed E-state index contributed by atoms with van der Waals surface area (Å²) in [5.41, 5.74) is 1.32. The Hall–Kier alpha value is -1.59. The predicted octanol–water partition coefficient (Wildman–Crippen LogP) is 2.21. The average Bonchev–Trinajstić information content (AvgIpc) is 2.62. The minimum Gasteiger partial charge on any atom is -0.381 e. The van der Waals surface area contributed by atoms with E-state index in [1.165, 1.54) is 5.56 Å². The fourth-order valence-corrected chi connectivity index (χ4v) is 3.16. The van der Waals surface area contributed by atoms with Gasteiger partial charge in [-0.1, -0.05) is 30.3 Å². The first-order chi connectivity index (χ1) is 11.3. The van der Waals surface area contributed by atoms with Crippen molar-refractivity contribution in [1.29, 1.82) is 0 Å². The Morgan fingerprint density at radius 1 is 1.17 bits per heavy atom. The smallest absolute Gasteiger partial charge is 0.317 e. The van der Waals surface area contributed by atoms with E-state index in [-0.39, 0.29) is 18.2 Å². The zero-order chi connectivity index (χ0) is 15.9. The van der Waals surface area contributed by atoms with Crippen LogP contribution in [0.2, 0.25) is 0 Å². The molecule has 1 N–H and O–H groups in total. The molecule has 2 saturated heterocycles. The standard InChI is InChI=1S/C18H26N2O3/c21-18(19-16-8-11-22-12-9-16)20-10-13-23-17(14-20)7-6-15-4-2-1-3-5-15/h1-5,16-17H,6-14H2,(H,19,21). The number of hydrogen-bond donors (Lipinski definition) is 1. The number of nitrogens with zero attached hydrogens (tertiary/aromatic N) is 1. The van der Waals surface area contributed by atoms with Gasteiger partial charge in [0.05, 0.1) is 12.7 Å². The second-order valence-electron chi connectivity index (χ2n) is 6.30. The SMILES string of the molecule is O=C(NC1CCOCC1)N1CCOC(CCc2ccccc2)C1. The molecule has 2 fully saturated rings. The Morgan fingerprint density at radius 3 is 2.74 bits per heavy atom. The lowest BCUT2D eigenvalue weighted by Crippen LogP contribution is -2.52. The Morgan fingerprint density at radius 2 is 1.96 bits per heavy atom. The number of aryl methyl sites for hydroxylation is 1. The quantitative estimate of drug-likeness (QED) is 0.926. The lowest BCUT2D eigenvalue weighted by molar-refractivity contribution is -0.0186. The topological polar surface area (TPSA) is 50.8 Å². The van der Waals surface area contributed by atoms with Gasteiger partial charge in [0.15, 0.2) is 0 Å². The van der Waals surface area contributed by atoms with Gasteiger partial charge in [-0.3, -0.25) is 0 Å². The van der Waals surface area contributed by atoms with Crippen molar-refractivity contribution in [2.75, 3.05) is 32.9 Å². The van der Waals surface area contributed by atoms with Crippen molar-refractivity contribution in [1.82, 2.24) is 10.2 Å². The third-order valence-electron chi connectivity index (χ3n) is 4.57.